The third kappa shape index (κ3) is 5.43. The average Bonchev–Trinajstić information content (AvgIpc) is 3.52. The summed E-state index contributed by atoms with van der Waals surface area (Å²) in [5.74, 6) is 0. The molecule has 12 rings (SSSR count). The Bertz CT molecular complexity index is 3330. The van der Waals surface area contributed by atoms with Gasteiger partial charge in [0.1, 0.15) is 0 Å². The van der Waals surface area contributed by atoms with Gasteiger partial charge < -0.3 is 9.80 Å². The van der Waals surface area contributed by atoms with E-state index in [-0.39, 0.29) is 5.41 Å². The molecule has 0 spiro atoms. The van der Waals surface area contributed by atoms with Crippen molar-refractivity contribution in [1.82, 2.24) is 0 Å². The molecular weight excluding hydrogens is 745 g/mol. The summed E-state index contributed by atoms with van der Waals surface area (Å²) in [6.07, 6.45) is 0. The Labute approximate surface area is 355 Å². The third-order valence-electron chi connectivity index (χ3n) is 12.8. The first-order valence-corrected chi connectivity index (χ1v) is 21.6. The maximum atomic E-state index is 2.42. The molecule has 1 aliphatic heterocycles. The second kappa shape index (κ2) is 13.5. The van der Waals surface area contributed by atoms with Crippen molar-refractivity contribution in [2.24, 2.45) is 0 Å². The number of rotatable bonds is 6. The van der Waals surface area contributed by atoms with Crippen molar-refractivity contribution >= 4 is 78.2 Å². The molecule has 10 aromatic carbocycles. The molecule has 0 bridgehead atoms. The van der Waals surface area contributed by atoms with E-state index in [1.807, 2.05) is 11.8 Å². The molecule has 0 saturated heterocycles. The van der Waals surface area contributed by atoms with Gasteiger partial charge >= 0.3 is 0 Å². The molecule has 0 fully saturated rings. The van der Waals surface area contributed by atoms with E-state index in [2.05, 4.69) is 230 Å². The quantitative estimate of drug-likeness (QED) is 0.155. The summed E-state index contributed by atoms with van der Waals surface area (Å²) >= 11 is 1.89. The topological polar surface area (TPSA) is 6.48 Å². The Hall–Kier alpha value is -7.07. The average molecular weight is 785 g/mol. The smallest absolute Gasteiger partial charge is 0.0473 e. The summed E-state index contributed by atoms with van der Waals surface area (Å²) in [7, 11) is 0. The zero-order valence-corrected chi connectivity index (χ0v) is 34.2. The van der Waals surface area contributed by atoms with Crippen LogP contribution in [0.3, 0.4) is 0 Å². The van der Waals surface area contributed by atoms with Crippen LogP contribution in [0.2, 0.25) is 0 Å². The van der Waals surface area contributed by atoms with Crippen LogP contribution in [0.15, 0.2) is 216 Å². The highest BCUT2D eigenvalue weighted by Crippen LogP contribution is 2.54. The van der Waals surface area contributed by atoms with Crippen molar-refractivity contribution in [2.75, 3.05) is 9.80 Å². The van der Waals surface area contributed by atoms with Gasteiger partial charge in [0, 0.05) is 54.7 Å². The second-order valence-corrected chi connectivity index (χ2v) is 17.6. The van der Waals surface area contributed by atoms with Crippen LogP contribution in [0.25, 0.3) is 54.6 Å². The van der Waals surface area contributed by atoms with Gasteiger partial charge in [0.15, 0.2) is 0 Å². The first-order chi connectivity index (χ1) is 29.5. The summed E-state index contributed by atoms with van der Waals surface area (Å²) in [4.78, 5) is 7.36. The molecule has 3 heteroatoms. The van der Waals surface area contributed by atoms with E-state index in [0.29, 0.717) is 0 Å². The lowest BCUT2D eigenvalue weighted by molar-refractivity contribution is 0.660. The highest BCUT2D eigenvalue weighted by atomic mass is 32.2. The van der Waals surface area contributed by atoms with Crippen molar-refractivity contribution < 1.29 is 0 Å². The van der Waals surface area contributed by atoms with Crippen LogP contribution in [-0.2, 0) is 5.41 Å². The molecule has 0 aromatic heterocycles. The predicted octanol–water partition coefficient (Wildman–Crippen LogP) is 16.5. The number of anilines is 6. The normalized spacial score (nSPS) is 13.2. The van der Waals surface area contributed by atoms with Crippen LogP contribution < -0.4 is 9.80 Å². The summed E-state index contributed by atoms with van der Waals surface area (Å²) in [6, 6.07) is 76.1. The fourth-order valence-corrected chi connectivity index (χ4v) is 11.0. The van der Waals surface area contributed by atoms with Crippen LogP contribution in [0.4, 0.5) is 34.1 Å². The molecule has 284 valence electrons. The number of fused-ring (bicyclic) bond motifs is 8. The molecule has 2 nitrogen and oxygen atoms in total. The Morgan fingerprint density at radius 1 is 0.333 bits per heavy atom. The maximum absolute atomic E-state index is 2.42. The summed E-state index contributed by atoms with van der Waals surface area (Å²) in [5.41, 5.74) is 14.8. The van der Waals surface area contributed by atoms with Crippen LogP contribution >= 0.6 is 11.8 Å². The molecule has 0 unspecified atom stereocenters. The van der Waals surface area contributed by atoms with E-state index in [0.717, 1.165) is 28.4 Å². The molecule has 1 heterocycles. The van der Waals surface area contributed by atoms with Gasteiger partial charge in [-0.2, -0.15) is 0 Å². The number of hydrogen-bond donors (Lipinski definition) is 0. The summed E-state index contributed by atoms with van der Waals surface area (Å²) in [5, 5.41) is 7.57. The molecule has 0 atom stereocenters. The molecule has 0 N–H and O–H groups in total. The third-order valence-corrected chi connectivity index (χ3v) is 13.9. The van der Waals surface area contributed by atoms with Gasteiger partial charge in [0.2, 0.25) is 0 Å². The monoisotopic (exact) mass is 784 g/mol. The van der Waals surface area contributed by atoms with Gasteiger partial charge in [0.25, 0.3) is 0 Å². The number of para-hydroxylation sites is 2. The largest absolute Gasteiger partial charge is 0.310 e. The van der Waals surface area contributed by atoms with Crippen molar-refractivity contribution in [1.29, 1.82) is 0 Å². The SMILES string of the molecule is CC1(C)c2ccccc2-c2ccc(N(c3ccccc3)c3ccc4c(c3)Sc3cccc5c3c-4cc3ccc(N(c4ccccc4)c4ccc6ccccc6c4)cc35)cc21. The van der Waals surface area contributed by atoms with E-state index in [1.54, 1.807) is 0 Å². The van der Waals surface area contributed by atoms with Crippen LogP contribution in [0, 0.1) is 0 Å². The van der Waals surface area contributed by atoms with E-state index < -0.39 is 0 Å². The Kier molecular flexibility index (Phi) is 7.85. The van der Waals surface area contributed by atoms with Crippen molar-refractivity contribution in [3.63, 3.8) is 0 Å². The fraction of sp³-hybridized carbons (Fsp3) is 0.0526. The van der Waals surface area contributed by atoms with Gasteiger partial charge in [-0.3, -0.25) is 0 Å². The van der Waals surface area contributed by atoms with Crippen LogP contribution in [0.5, 0.6) is 0 Å². The standard InChI is InChI=1S/C57H40N2S/c1-57(2)52-22-12-11-20-46(52)47-30-28-44(35-53(47)57)59(41-18-7-4-8-19-41)45-29-31-48-51-33-39-25-27-43(34-50(39)49-21-13-23-54(56(49)51)60-55(48)36-45)58(40-16-5-3-6-17-40)42-26-24-37-14-9-10-15-38(37)32-42/h3-36H,1-2H3. The summed E-state index contributed by atoms with van der Waals surface area (Å²) < 4.78 is 0. The molecule has 2 aliphatic rings. The molecule has 0 saturated carbocycles. The van der Waals surface area contributed by atoms with Gasteiger partial charge in [-0.1, -0.05) is 147 Å². The van der Waals surface area contributed by atoms with E-state index in [4.69, 9.17) is 0 Å². The Morgan fingerprint density at radius 2 is 0.917 bits per heavy atom. The lowest BCUT2D eigenvalue weighted by atomic mass is 9.82. The van der Waals surface area contributed by atoms with Crippen molar-refractivity contribution in [3.05, 3.63) is 217 Å². The maximum Gasteiger partial charge on any atom is 0.0473 e. The lowest BCUT2D eigenvalue weighted by Crippen LogP contribution is -2.16. The highest BCUT2D eigenvalue weighted by molar-refractivity contribution is 7.99. The molecule has 10 aromatic rings. The van der Waals surface area contributed by atoms with Crippen LogP contribution in [-0.4, -0.2) is 0 Å². The minimum atomic E-state index is -0.0851. The zero-order valence-electron chi connectivity index (χ0n) is 33.4. The number of hydrogen-bond acceptors (Lipinski definition) is 3. The first kappa shape index (κ1) is 34.9. The molecule has 60 heavy (non-hydrogen) atoms. The first-order valence-electron chi connectivity index (χ1n) is 20.7. The minimum Gasteiger partial charge on any atom is -0.310 e. The molecular formula is C57H40N2S. The van der Waals surface area contributed by atoms with Gasteiger partial charge in [-0.25, -0.2) is 0 Å². The Balaban J connectivity index is 0.980. The van der Waals surface area contributed by atoms with Crippen LogP contribution in [0.1, 0.15) is 25.0 Å². The molecule has 0 amide bonds. The number of benzene rings is 10. The highest BCUT2D eigenvalue weighted by Gasteiger charge is 2.36. The molecule has 1 aliphatic carbocycles. The van der Waals surface area contributed by atoms with Gasteiger partial charge in [-0.15, -0.1) is 0 Å². The minimum absolute atomic E-state index is 0.0851. The van der Waals surface area contributed by atoms with Gasteiger partial charge in [-0.05, 0) is 145 Å². The van der Waals surface area contributed by atoms with E-state index in [1.165, 1.54) is 81.2 Å². The Morgan fingerprint density at radius 3 is 1.68 bits per heavy atom. The molecule has 0 radical (unpaired) electrons. The zero-order chi connectivity index (χ0) is 40.0. The summed E-state index contributed by atoms with van der Waals surface area (Å²) in [6.45, 7) is 4.72. The number of nitrogens with zero attached hydrogens (tertiary/aromatic N) is 2. The van der Waals surface area contributed by atoms with Crippen molar-refractivity contribution in [3.8, 4) is 22.3 Å². The second-order valence-electron chi connectivity index (χ2n) is 16.6. The van der Waals surface area contributed by atoms with E-state index >= 15 is 0 Å². The van der Waals surface area contributed by atoms with E-state index in [9.17, 15) is 0 Å². The predicted molar refractivity (Wildman–Crippen MR) is 255 cm³/mol. The fourth-order valence-electron chi connectivity index (χ4n) is 9.87. The van der Waals surface area contributed by atoms with Gasteiger partial charge in [0.05, 0.1) is 0 Å². The van der Waals surface area contributed by atoms with Crippen molar-refractivity contribution in [2.45, 2.75) is 29.1 Å². The lowest BCUT2D eigenvalue weighted by Gasteiger charge is -2.29.